The molecule has 7 heteroatoms. The number of rotatable bonds is 5. The summed E-state index contributed by atoms with van der Waals surface area (Å²) in [5.41, 5.74) is 3.59. The molecule has 1 fully saturated rings. The van der Waals surface area contributed by atoms with E-state index in [1.54, 1.807) is 11.0 Å². The highest BCUT2D eigenvalue weighted by molar-refractivity contribution is 5.97. The molecule has 2 aromatic rings. The summed E-state index contributed by atoms with van der Waals surface area (Å²) in [6.07, 6.45) is 7.08. The topological polar surface area (TPSA) is 87.3 Å². The van der Waals surface area contributed by atoms with Gasteiger partial charge in [0.2, 0.25) is 5.91 Å². The van der Waals surface area contributed by atoms with E-state index in [-0.39, 0.29) is 24.3 Å². The molecule has 2 amide bonds. The Hall–Kier alpha value is -2.67. The molecule has 0 saturated carbocycles. The lowest BCUT2D eigenvalue weighted by Crippen LogP contribution is -2.50. The Balaban J connectivity index is 1.41. The van der Waals surface area contributed by atoms with Gasteiger partial charge in [-0.05, 0) is 50.8 Å². The number of carbonyl (C=O) groups excluding carboxylic acids is 2. The number of imidazole rings is 1. The van der Waals surface area contributed by atoms with Crippen LogP contribution >= 0.6 is 0 Å². The summed E-state index contributed by atoms with van der Waals surface area (Å²) in [6, 6.07) is 5.23. The maximum Gasteiger partial charge on any atom is 0.254 e. The summed E-state index contributed by atoms with van der Waals surface area (Å²) >= 11 is 0. The van der Waals surface area contributed by atoms with Crippen molar-refractivity contribution in [1.29, 1.82) is 0 Å². The minimum absolute atomic E-state index is 0.0376. The number of carbonyl (C=O) groups is 2. The molecule has 0 bridgehead atoms. The summed E-state index contributed by atoms with van der Waals surface area (Å²) in [5, 5.41) is 3.01. The van der Waals surface area contributed by atoms with Crippen molar-refractivity contribution >= 4 is 22.8 Å². The van der Waals surface area contributed by atoms with Crippen LogP contribution in [0.5, 0.6) is 0 Å². The second kappa shape index (κ2) is 8.78. The lowest BCUT2D eigenvalue weighted by atomic mass is 9.99. The number of morpholine rings is 1. The van der Waals surface area contributed by atoms with Crippen LogP contribution in [0.1, 0.15) is 48.3 Å². The molecule has 29 heavy (non-hydrogen) atoms. The standard InChI is InChI=1S/C22H28N4O3/c1-15-24-19-8-7-17(11-20(19)25-15)22(28)26-9-10-29-14-18(26)12-21(27)23-13-16-5-3-2-4-6-16/h5,7-8,11,18H,2-4,6,9-10,12-14H2,1H3,(H,23,27)(H,24,25)/t18-/m1/s1. The highest BCUT2D eigenvalue weighted by Crippen LogP contribution is 2.20. The Labute approximate surface area is 170 Å². The Morgan fingerprint density at radius 1 is 1.34 bits per heavy atom. The van der Waals surface area contributed by atoms with E-state index < -0.39 is 0 Å². The maximum atomic E-state index is 13.1. The number of hydrogen-bond acceptors (Lipinski definition) is 4. The molecule has 1 saturated heterocycles. The van der Waals surface area contributed by atoms with Crippen molar-refractivity contribution < 1.29 is 14.3 Å². The second-order valence-electron chi connectivity index (χ2n) is 7.87. The predicted octanol–water partition coefficient (Wildman–Crippen LogP) is 2.72. The van der Waals surface area contributed by atoms with Gasteiger partial charge >= 0.3 is 0 Å². The number of aryl methyl sites for hydroxylation is 1. The van der Waals surface area contributed by atoms with Gasteiger partial charge in [-0.15, -0.1) is 0 Å². The highest BCUT2D eigenvalue weighted by atomic mass is 16.5. The van der Waals surface area contributed by atoms with Crippen molar-refractivity contribution in [3.8, 4) is 0 Å². The van der Waals surface area contributed by atoms with Gasteiger partial charge in [0.1, 0.15) is 5.82 Å². The fourth-order valence-corrected chi connectivity index (χ4v) is 4.09. The van der Waals surface area contributed by atoms with Crippen molar-refractivity contribution in [2.24, 2.45) is 0 Å². The van der Waals surface area contributed by atoms with Crippen molar-refractivity contribution in [3.05, 3.63) is 41.2 Å². The molecule has 1 aromatic carbocycles. The van der Waals surface area contributed by atoms with Crippen LogP contribution in [0, 0.1) is 6.92 Å². The largest absolute Gasteiger partial charge is 0.377 e. The van der Waals surface area contributed by atoms with Gasteiger partial charge in [-0.25, -0.2) is 4.98 Å². The van der Waals surface area contributed by atoms with Gasteiger partial charge < -0.3 is 19.9 Å². The molecule has 0 radical (unpaired) electrons. The number of amides is 2. The third kappa shape index (κ3) is 4.67. The molecular formula is C22H28N4O3. The first-order valence-electron chi connectivity index (χ1n) is 10.4. The number of H-pyrrole nitrogens is 1. The van der Waals surface area contributed by atoms with E-state index in [0.717, 1.165) is 29.7 Å². The first kappa shape index (κ1) is 19.6. The van der Waals surface area contributed by atoms with Crippen molar-refractivity contribution in [2.45, 2.75) is 45.1 Å². The Kier molecular flexibility index (Phi) is 5.94. The summed E-state index contributed by atoms with van der Waals surface area (Å²) in [6.45, 7) is 3.86. The third-order valence-corrected chi connectivity index (χ3v) is 5.65. The number of aromatic nitrogens is 2. The van der Waals surface area contributed by atoms with E-state index in [9.17, 15) is 9.59 Å². The average molecular weight is 396 g/mol. The van der Waals surface area contributed by atoms with E-state index in [2.05, 4.69) is 21.4 Å². The molecule has 7 nitrogen and oxygen atoms in total. The van der Waals surface area contributed by atoms with Gasteiger partial charge in [0.15, 0.2) is 0 Å². The van der Waals surface area contributed by atoms with Gasteiger partial charge in [0.25, 0.3) is 5.91 Å². The summed E-state index contributed by atoms with van der Waals surface area (Å²) in [5.74, 6) is 0.707. The monoisotopic (exact) mass is 396 g/mol. The van der Waals surface area contributed by atoms with Gasteiger partial charge in [0.05, 0.1) is 30.3 Å². The smallest absolute Gasteiger partial charge is 0.254 e. The molecule has 0 unspecified atom stereocenters. The molecule has 154 valence electrons. The van der Waals surface area contributed by atoms with Gasteiger partial charge in [-0.3, -0.25) is 9.59 Å². The Morgan fingerprint density at radius 2 is 2.24 bits per heavy atom. The Bertz CT molecular complexity index is 933. The lowest BCUT2D eigenvalue weighted by molar-refractivity contribution is -0.123. The summed E-state index contributed by atoms with van der Waals surface area (Å²) in [7, 11) is 0. The van der Waals surface area contributed by atoms with Crippen LogP contribution in [0.2, 0.25) is 0 Å². The molecule has 1 aromatic heterocycles. The number of benzene rings is 1. The van der Waals surface area contributed by atoms with E-state index >= 15 is 0 Å². The number of aromatic amines is 1. The van der Waals surface area contributed by atoms with Gasteiger partial charge in [-0.2, -0.15) is 0 Å². The van der Waals surface area contributed by atoms with Crippen molar-refractivity contribution in [3.63, 3.8) is 0 Å². The van der Waals surface area contributed by atoms with Crippen LogP contribution < -0.4 is 5.32 Å². The van der Waals surface area contributed by atoms with Crippen molar-refractivity contribution in [1.82, 2.24) is 20.2 Å². The van der Waals surface area contributed by atoms with Crippen LogP contribution in [-0.2, 0) is 9.53 Å². The fraction of sp³-hybridized carbons (Fsp3) is 0.500. The quantitative estimate of drug-likeness (QED) is 0.761. The maximum absolute atomic E-state index is 13.1. The molecular weight excluding hydrogens is 368 g/mol. The molecule has 1 aliphatic carbocycles. The highest BCUT2D eigenvalue weighted by Gasteiger charge is 2.30. The molecule has 2 heterocycles. The molecule has 2 aliphatic rings. The lowest BCUT2D eigenvalue weighted by Gasteiger charge is -2.35. The normalized spacial score (nSPS) is 19.8. The van der Waals surface area contributed by atoms with Gasteiger partial charge in [0, 0.05) is 25.1 Å². The number of ether oxygens (including phenoxy) is 1. The summed E-state index contributed by atoms with van der Waals surface area (Å²) in [4.78, 5) is 35.0. The molecule has 1 atom stereocenters. The zero-order valence-corrected chi connectivity index (χ0v) is 16.9. The third-order valence-electron chi connectivity index (χ3n) is 5.65. The number of nitrogens with one attached hydrogen (secondary N) is 2. The van der Waals surface area contributed by atoms with E-state index in [1.807, 2.05) is 19.1 Å². The van der Waals surface area contributed by atoms with Crippen LogP contribution in [0.25, 0.3) is 11.0 Å². The van der Waals surface area contributed by atoms with Crippen LogP contribution in [0.15, 0.2) is 29.8 Å². The summed E-state index contributed by atoms with van der Waals surface area (Å²) < 4.78 is 5.57. The van der Waals surface area contributed by atoms with E-state index in [0.29, 0.717) is 31.9 Å². The van der Waals surface area contributed by atoms with Crippen LogP contribution in [0.4, 0.5) is 0 Å². The zero-order valence-electron chi connectivity index (χ0n) is 16.9. The molecule has 2 N–H and O–H groups in total. The fourth-order valence-electron chi connectivity index (χ4n) is 4.09. The minimum atomic E-state index is -0.254. The number of allylic oxidation sites excluding steroid dienone is 1. The first-order chi connectivity index (χ1) is 14.1. The van der Waals surface area contributed by atoms with E-state index in [4.69, 9.17) is 4.74 Å². The Morgan fingerprint density at radius 3 is 3.07 bits per heavy atom. The van der Waals surface area contributed by atoms with Crippen LogP contribution in [0.3, 0.4) is 0 Å². The van der Waals surface area contributed by atoms with Crippen molar-refractivity contribution in [2.75, 3.05) is 26.3 Å². The number of fused-ring (bicyclic) bond motifs is 1. The zero-order chi connectivity index (χ0) is 20.2. The molecule has 1 aliphatic heterocycles. The molecule has 4 rings (SSSR count). The molecule has 0 spiro atoms. The minimum Gasteiger partial charge on any atom is -0.377 e. The average Bonchev–Trinajstić information content (AvgIpc) is 3.12. The number of nitrogens with zero attached hydrogens (tertiary/aromatic N) is 2. The second-order valence-corrected chi connectivity index (χ2v) is 7.87. The predicted molar refractivity (Wildman–Crippen MR) is 111 cm³/mol. The first-order valence-corrected chi connectivity index (χ1v) is 10.4. The van der Waals surface area contributed by atoms with E-state index in [1.165, 1.54) is 18.4 Å². The number of hydrogen-bond donors (Lipinski definition) is 2. The van der Waals surface area contributed by atoms with Crippen LogP contribution in [-0.4, -0.2) is 59.0 Å². The SMILES string of the molecule is Cc1nc2ccc(C(=O)N3CCOC[C@H]3CC(=O)NCC3=CCCCC3)cc2[nH]1. The van der Waals surface area contributed by atoms with Gasteiger partial charge in [-0.1, -0.05) is 11.6 Å².